The summed E-state index contributed by atoms with van der Waals surface area (Å²) in [5.41, 5.74) is 12.8. The minimum absolute atomic E-state index is 0.101. The van der Waals surface area contributed by atoms with Crippen molar-refractivity contribution in [2.24, 2.45) is 0 Å². The molecule has 1 heterocycles. The van der Waals surface area contributed by atoms with Gasteiger partial charge in [0.1, 0.15) is 21.8 Å². The smallest absolute Gasteiger partial charge is 0.221 e. The third-order valence-electron chi connectivity index (χ3n) is 2.61. The van der Waals surface area contributed by atoms with Crippen LogP contribution in [-0.4, -0.2) is 22.2 Å². The number of hydrogen-bond donors (Lipinski definition) is 3. The summed E-state index contributed by atoms with van der Waals surface area (Å²) in [5.74, 6) is 1.11. The van der Waals surface area contributed by atoms with Gasteiger partial charge in [0.25, 0.3) is 0 Å². The molecule has 1 aromatic heterocycles. The molecule has 0 atom stereocenters. The van der Waals surface area contributed by atoms with Crippen LogP contribution in [0.5, 0.6) is 11.5 Å². The summed E-state index contributed by atoms with van der Waals surface area (Å²) in [6.45, 7) is 0. The number of methoxy groups -OCH3 is 1. The Kier molecular flexibility index (Phi) is 3.75. The maximum Gasteiger partial charge on any atom is 0.221 e. The molecule has 0 amide bonds. The quantitative estimate of drug-likeness (QED) is 0.793. The van der Waals surface area contributed by atoms with Crippen LogP contribution in [0, 0.1) is 0 Å². The van der Waals surface area contributed by atoms with E-state index in [4.69, 9.17) is 16.2 Å². The second kappa shape index (κ2) is 5.31. The van der Waals surface area contributed by atoms with Gasteiger partial charge in [-0.15, -0.1) is 0 Å². The molecule has 6 nitrogen and oxygen atoms in total. The normalized spacial score (nSPS) is 10.4. The van der Waals surface area contributed by atoms with Gasteiger partial charge in [0.2, 0.25) is 5.95 Å². The Labute approximate surface area is 118 Å². The first kappa shape index (κ1) is 13.4. The van der Waals surface area contributed by atoms with Gasteiger partial charge in [-0.05, 0) is 33.6 Å². The van der Waals surface area contributed by atoms with E-state index in [0.29, 0.717) is 22.5 Å². The average molecular weight is 325 g/mol. The number of benzene rings is 1. The maximum absolute atomic E-state index is 9.79. The van der Waals surface area contributed by atoms with Crippen LogP contribution in [0.15, 0.2) is 22.8 Å². The first-order chi connectivity index (χ1) is 9.01. The Morgan fingerprint density at radius 1 is 1.37 bits per heavy atom. The molecule has 0 saturated carbocycles. The maximum atomic E-state index is 9.79. The Bertz CT molecular complexity index is 619. The molecule has 100 valence electrons. The van der Waals surface area contributed by atoms with E-state index < -0.39 is 0 Å². The van der Waals surface area contributed by atoms with E-state index in [2.05, 4.69) is 25.9 Å². The third-order valence-corrected chi connectivity index (χ3v) is 3.41. The number of aromatic hydroxyl groups is 1. The lowest BCUT2D eigenvalue weighted by Gasteiger charge is -2.10. The number of phenols is 1. The molecule has 0 aliphatic rings. The summed E-state index contributed by atoms with van der Waals surface area (Å²) in [4.78, 5) is 7.80. The molecule has 0 unspecified atom stereocenters. The van der Waals surface area contributed by atoms with Crippen LogP contribution < -0.4 is 16.2 Å². The van der Waals surface area contributed by atoms with E-state index in [1.54, 1.807) is 18.3 Å². The Hall–Kier alpha value is -2.02. The van der Waals surface area contributed by atoms with E-state index in [1.165, 1.54) is 7.11 Å². The molecule has 7 heteroatoms. The van der Waals surface area contributed by atoms with Crippen LogP contribution in [0.1, 0.15) is 11.1 Å². The van der Waals surface area contributed by atoms with E-state index in [-0.39, 0.29) is 11.7 Å². The Morgan fingerprint density at radius 3 is 2.74 bits per heavy atom. The lowest BCUT2D eigenvalue weighted by Crippen LogP contribution is -2.04. The van der Waals surface area contributed by atoms with Crippen molar-refractivity contribution in [1.82, 2.24) is 9.97 Å². The van der Waals surface area contributed by atoms with Gasteiger partial charge in [-0.25, -0.2) is 4.98 Å². The van der Waals surface area contributed by atoms with Gasteiger partial charge < -0.3 is 21.3 Å². The fourth-order valence-corrected chi connectivity index (χ4v) is 2.07. The van der Waals surface area contributed by atoms with E-state index in [0.717, 1.165) is 11.1 Å². The highest BCUT2D eigenvalue weighted by Gasteiger charge is 2.10. The van der Waals surface area contributed by atoms with E-state index in [1.807, 2.05) is 0 Å². The molecular formula is C12H13BrN4O2. The standard InChI is InChI=1S/C12H13BrN4O2/c1-19-9-4-6(3-8(18)10(9)13)2-7-5-16-12(15)17-11(7)14/h3-5,18H,2H2,1H3,(H4,14,15,16,17). The molecule has 2 aromatic rings. The van der Waals surface area contributed by atoms with Crippen molar-refractivity contribution in [2.75, 3.05) is 18.6 Å². The van der Waals surface area contributed by atoms with Crippen molar-refractivity contribution in [3.63, 3.8) is 0 Å². The SMILES string of the molecule is COc1cc(Cc2cnc(N)nc2N)cc(O)c1Br. The third kappa shape index (κ3) is 2.87. The van der Waals surface area contributed by atoms with E-state index >= 15 is 0 Å². The summed E-state index contributed by atoms with van der Waals surface area (Å²) in [6, 6.07) is 3.43. The van der Waals surface area contributed by atoms with Gasteiger partial charge in [-0.1, -0.05) is 0 Å². The van der Waals surface area contributed by atoms with Crippen molar-refractivity contribution in [1.29, 1.82) is 0 Å². The fourth-order valence-electron chi connectivity index (χ4n) is 1.68. The van der Waals surface area contributed by atoms with Gasteiger partial charge in [0, 0.05) is 18.2 Å². The van der Waals surface area contributed by atoms with Crippen LogP contribution in [0.4, 0.5) is 11.8 Å². The molecule has 0 spiro atoms. The van der Waals surface area contributed by atoms with Crippen LogP contribution >= 0.6 is 15.9 Å². The zero-order chi connectivity index (χ0) is 14.0. The average Bonchev–Trinajstić information content (AvgIpc) is 2.37. The molecule has 0 bridgehead atoms. The molecule has 0 radical (unpaired) electrons. The number of anilines is 2. The number of nitrogens with zero attached hydrogens (tertiary/aromatic N) is 2. The highest BCUT2D eigenvalue weighted by molar-refractivity contribution is 9.10. The van der Waals surface area contributed by atoms with E-state index in [9.17, 15) is 5.11 Å². The minimum atomic E-state index is 0.101. The molecule has 19 heavy (non-hydrogen) atoms. The fraction of sp³-hybridized carbons (Fsp3) is 0.167. The summed E-state index contributed by atoms with van der Waals surface area (Å²) in [5, 5.41) is 9.79. The first-order valence-corrected chi connectivity index (χ1v) is 6.22. The molecule has 1 aromatic carbocycles. The van der Waals surface area contributed by atoms with Crippen LogP contribution in [0.2, 0.25) is 0 Å². The summed E-state index contributed by atoms with van der Waals surface area (Å²) in [6.07, 6.45) is 2.05. The Balaban J connectivity index is 2.35. The topological polar surface area (TPSA) is 107 Å². The van der Waals surface area contributed by atoms with Gasteiger partial charge in [0.15, 0.2) is 0 Å². The summed E-state index contributed by atoms with van der Waals surface area (Å²) < 4.78 is 5.68. The zero-order valence-electron chi connectivity index (χ0n) is 10.2. The lowest BCUT2D eigenvalue weighted by atomic mass is 10.1. The van der Waals surface area contributed by atoms with Crippen molar-refractivity contribution < 1.29 is 9.84 Å². The molecule has 2 rings (SSSR count). The molecular weight excluding hydrogens is 312 g/mol. The summed E-state index contributed by atoms with van der Waals surface area (Å²) in [7, 11) is 1.53. The van der Waals surface area contributed by atoms with Crippen molar-refractivity contribution >= 4 is 27.7 Å². The lowest BCUT2D eigenvalue weighted by molar-refractivity contribution is 0.403. The van der Waals surface area contributed by atoms with Crippen LogP contribution in [0.25, 0.3) is 0 Å². The predicted molar refractivity (Wildman–Crippen MR) is 76.0 cm³/mol. The molecule has 0 aliphatic carbocycles. The number of ether oxygens (including phenoxy) is 1. The first-order valence-electron chi connectivity index (χ1n) is 5.43. The second-order valence-electron chi connectivity index (χ2n) is 3.95. The molecule has 0 saturated heterocycles. The highest BCUT2D eigenvalue weighted by Crippen LogP contribution is 2.35. The predicted octanol–water partition coefficient (Wildman–Crippen LogP) is 1.71. The largest absolute Gasteiger partial charge is 0.507 e. The number of nitrogens with two attached hydrogens (primary N) is 2. The molecule has 5 N–H and O–H groups in total. The minimum Gasteiger partial charge on any atom is -0.507 e. The van der Waals surface area contributed by atoms with Crippen molar-refractivity contribution in [2.45, 2.75) is 6.42 Å². The number of halogens is 1. The number of aromatic nitrogens is 2. The van der Waals surface area contributed by atoms with Crippen LogP contribution in [-0.2, 0) is 6.42 Å². The number of nitrogen functional groups attached to an aromatic ring is 2. The Morgan fingerprint density at radius 2 is 2.11 bits per heavy atom. The van der Waals surface area contributed by atoms with Gasteiger partial charge in [0.05, 0.1) is 7.11 Å². The van der Waals surface area contributed by atoms with Gasteiger partial charge in [-0.3, -0.25) is 0 Å². The molecule has 0 aliphatic heterocycles. The van der Waals surface area contributed by atoms with Crippen molar-refractivity contribution in [3.8, 4) is 11.5 Å². The van der Waals surface area contributed by atoms with Gasteiger partial charge in [-0.2, -0.15) is 4.98 Å². The number of rotatable bonds is 3. The van der Waals surface area contributed by atoms with Gasteiger partial charge >= 0.3 is 0 Å². The monoisotopic (exact) mass is 324 g/mol. The number of phenolic OH excluding ortho intramolecular Hbond substituents is 1. The van der Waals surface area contributed by atoms with Crippen LogP contribution in [0.3, 0.4) is 0 Å². The number of hydrogen-bond acceptors (Lipinski definition) is 6. The second-order valence-corrected chi connectivity index (χ2v) is 4.74. The van der Waals surface area contributed by atoms with Crippen molar-refractivity contribution in [3.05, 3.63) is 33.9 Å². The highest BCUT2D eigenvalue weighted by atomic mass is 79.9. The zero-order valence-corrected chi connectivity index (χ0v) is 11.8. The molecule has 0 fully saturated rings. The summed E-state index contributed by atoms with van der Waals surface area (Å²) >= 11 is 3.24.